The van der Waals surface area contributed by atoms with Crippen LogP contribution in [0.2, 0.25) is 0 Å². The average molecular weight is 316 g/mol. The molecule has 0 fully saturated rings. The third kappa shape index (κ3) is 3.98. The molecule has 0 aromatic heterocycles. The molecule has 7 heteroatoms. The number of aliphatic hydroxyl groups is 1. The van der Waals surface area contributed by atoms with Crippen molar-refractivity contribution in [1.29, 1.82) is 0 Å². The smallest absolute Gasteiger partial charge is 0.394 e. The molecule has 0 bridgehead atoms. The fraction of sp³-hybridized carbons (Fsp3) is 0.533. The van der Waals surface area contributed by atoms with Crippen molar-refractivity contribution >= 4 is 5.91 Å². The van der Waals surface area contributed by atoms with Crippen LogP contribution in [0.15, 0.2) is 24.3 Å². The number of likely N-dealkylation sites (N-methyl/N-ethyl adjacent to an activating group) is 1. The van der Waals surface area contributed by atoms with Crippen LogP contribution in [0.3, 0.4) is 0 Å². The molecule has 22 heavy (non-hydrogen) atoms. The van der Waals surface area contributed by atoms with Gasteiger partial charge in [-0.15, -0.1) is 0 Å². The summed E-state index contributed by atoms with van der Waals surface area (Å²) in [5, 5.41) is 9.60. The van der Waals surface area contributed by atoms with Gasteiger partial charge < -0.3 is 10.0 Å². The first-order valence-electron chi connectivity index (χ1n) is 7.05. The van der Waals surface area contributed by atoms with E-state index in [4.69, 9.17) is 0 Å². The highest BCUT2D eigenvalue weighted by Gasteiger charge is 2.33. The molecule has 122 valence electrons. The number of fused-ring (bicyclic) bond motifs is 1. The van der Waals surface area contributed by atoms with Crippen LogP contribution >= 0.6 is 0 Å². The molecule has 1 aromatic rings. The molecule has 2 rings (SSSR count). The van der Waals surface area contributed by atoms with Crippen LogP contribution in [0.4, 0.5) is 13.2 Å². The summed E-state index contributed by atoms with van der Waals surface area (Å²) < 4.78 is 37.0. The van der Waals surface area contributed by atoms with E-state index in [1.807, 2.05) is 24.3 Å². The van der Waals surface area contributed by atoms with E-state index in [0.29, 0.717) is 17.9 Å². The van der Waals surface area contributed by atoms with Gasteiger partial charge >= 0.3 is 6.18 Å². The average Bonchev–Trinajstić information content (AvgIpc) is 2.45. The zero-order valence-electron chi connectivity index (χ0n) is 12.3. The van der Waals surface area contributed by atoms with Crippen molar-refractivity contribution in [2.75, 3.05) is 33.3 Å². The lowest BCUT2D eigenvalue weighted by Crippen LogP contribution is -2.46. The first kappa shape index (κ1) is 16.8. The van der Waals surface area contributed by atoms with Gasteiger partial charge in [-0.1, -0.05) is 24.3 Å². The van der Waals surface area contributed by atoms with E-state index >= 15 is 0 Å². The summed E-state index contributed by atoms with van der Waals surface area (Å²) >= 11 is 0. The quantitative estimate of drug-likeness (QED) is 0.918. The number of benzene rings is 1. The summed E-state index contributed by atoms with van der Waals surface area (Å²) in [7, 11) is 1.14. The fourth-order valence-corrected chi connectivity index (χ4v) is 2.76. The van der Waals surface area contributed by atoms with Gasteiger partial charge in [-0.3, -0.25) is 9.69 Å². The van der Waals surface area contributed by atoms with Crippen LogP contribution in [0.1, 0.15) is 17.2 Å². The molecular formula is C15H19F3N2O2. The van der Waals surface area contributed by atoms with Crippen LogP contribution in [0.5, 0.6) is 0 Å². The third-order valence-corrected chi connectivity index (χ3v) is 3.88. The van der Waals surface area contributed by atoms with E-state index in [9.17, 15) is 23.1 Å². The number of alkyl halides is 3. The maximum Gasteiger partial charge on any atom is 0.406 e. The molecular weight excluding hydrogens is 297 g/mol. The Bertz CT molecular complexity index is 534. The Kier molecular flexibility index (Phi) is 5.08. The predicted octanol–water partition coefficient (Wildman–Crippen LogP) is 1.60. The summed E-state index contributed by atoms with van der Waals surface area (Å²) in [6.45, 7) is -1.03. The van der Waals surface area contributed by atoms with Gasteiger partial charge in [0.2, 0.25) is 5.91 Å². The second-order valence-electron chi connectivity index (χ2n) is 5.48. The minimum atomic E-state index is -4.41. The number of rotatable bonds is 4. The Morgan fingerprint density at radius 3 is 2.73 bits per heavy atom. The van der Waals surface area contributed by atoms with E-state index < -0.39 is 18.6 Å². The van der Waals surface area contributed by atoms with Gasteiger partial charge in [-0.25, -0.2) is 0 Å². The number of carbonyl (C=O) groups excluding carboxylic acids is 1. The van der Waals surface area contributed by atoms with Crippen LogP contribution in [-0.4, -0.2) is 60.3 Å². The van der Waals surface area contributed by atoms with Crippen molar-refractivity contribution in [2.45, 2.75) is 18.6 Å². The number of nitrogens with zero attached hydrogens (tertiary/aromatic N) is 2. The molecule has 1 unspecified atom stereocenters. The number of carbonyl (C=O) groups is 1. The van der Waals surface area contributed by atoms with Crippen LogP contribution in [0, 0.1) is 0 Å². The second kappa shape index (κ2) is 6.66. The van der Waals surface area contributed by atoms with Gasteiger partial charge in [-0.2, -0.15) is 13.2 Å². The molecule has 0 spiro atoms. The lowest BCUT2D eigenvalue weighted by atomic mass is 9.93. The first-order chi connectivity index (χ1) is 10.3. The summed E-state index contributed by atoms with van der Waals surface area (Å²) in [6, 6.07) is 7.25. The minimum Gasteiger partial charge on any atom is -0.394 e. The highest BCUT2D eigenvalue weighted by atomic mass is 19.4. The molecule has 1 aliphatic rings. The van der Waals surface area contributed by atoms with Gasteiger partial charge in [0.05, 0.1) is 19.2 Å². The number of halogens is 3. The topological polar surface area (TPSA) is 43.8 Å². The van der Waals surface area contributed by atoms with Crippen LogP contribution < -0.4 is 0 Å². The van der Waals surface area contributed by atoms with Gasteiger partial charge in [0.1, 0.15) is 6.54 Å². The molecule has 1 aromatic carbocycles. The lowest BCUT2D eigenvalue weighted by Gasteiger charge is -2.36. The van der Waals surface area contributed by atoms with Crippen LogP contribution in [-0.2, 0) is 11.2 Å². The molecule has 0 saturated carbocycles. The van der Waals surface area contributed by atoms with Crippen LogP contribution in [0.25, 0.3) is 0 Å². The fourth-order valence-electron chi connectivity index (χ4n) is 2.76. The SMILES string of the molecule is CN(CC(F)(F)F)C(=O)CN1CCc2ccccc2C1CO. The van der Waals surface area contributed by atoms with Crippen molar-refractivity contribution in [3.05, 3.63) is 35.4 Å². The number of hydrogen-bond donors (Lipinski definition) is 1. The van der Waals surface area contributed by atoms with Gasteiger partial charge in [-0.05, 0) is 17.5 Å². The Hall–Kier alpha value is -1.60. The highest BCUT2D eigenvalue weighted by molar-refractivity contribution is 5.78. The molecule has 4 nitrogen and oxygen atoms in total. The number of amides is 1. The summed E-state index contributed by atoms with van der Waals surface area (Å²) in [6.07, 6.45) is -3.70. The van der Waals surface area contributed by atoms with E-state index in [1.54, 1.807) is 4.90 Å². The largest absolute Gasteiger partial charge is 0.406 e. The molecule has 1 N–H and O–H groups in total. The van der Waals surface area contributed by atoms with Gasteiger partial charge in [0.15, 0.2) is 0 Å². The first-order valence-corrected chi connectivity index (χ1v) is 7.05. The minimum absolute atomic E-state index is 0.133. The number of aliphatic hydroxyl groups excluding tert-OH is 1. The maximum absolute atomic E-state index is 12.3. The normalized spacial score (nSPS) is 18.9. The Labute approximate surface area is 127 Å². The second-order valence-corrected chi connectivity index (χ2v) is 5.48. The Balaban J connectivity index is 2.05. The predicted molar refractivity (Wildman–Crippen MR) is 75.2 cm³/mol. The summed E-state index contributed by atoms with van der Waals surface area (Å²) in [5.74, 6) is -0.602. The van der Waals surface area contributed by atoms with Crippen molar-refractivity contribution in [1.82, 2.24) is 9.80 Å². The Morgan fingerprint density at radius 1 is 1.41 bits per heavy atom. The number of hydrogen-bond acceptors (Lipinski definition) is 3. The zero-order chi connectivity index (χ0) is 16.3. The van der Waals surface area contributed by atoms with E-state index in [1.165, 1.54) is 0 Å². The van der Waals surface area contributed by atoms with Gasteiger partial charge in [0.25, 0.3) is 0 Å². The highest BCUT2D eigenvalue weighted by Crippen LogP contribution is 2.29. The summed E-state index contributed by atoms with van der Waals surface area (Å²) in [5.41, 5.74) is 2.04. The van der Waals surface area contributed by atoms with Crippen molar-refractivity contribution in [3.63, 3.8) is 0 Å². The Morgan fingerprint density at radius 2 is 2.09 bits per heavy atom. The molecule has 1 heterocycles. The molecule has 1 amide bonds. The summed E-state index contributed by atoms with van der Waals surface area (Å²) in [4.78, 5) is 14.4. The standard InChI is InChI=1S/C15H19F3N2O2/c1-19(10-15(16,17)18)14(22)8-20-7-6-11-4-2-3-5-12(11)13(20)9-21/h2-5,13,21H,6-10H2,1H3. The zero-order valence-corrected chi connectivity index (χ0v) is 12.3. The van der Waals surface area contributed by atoms with E-state index in [2.05, 4.69) is 0 Å². The third-order valence-electron chi connectivity index (χ3n) is 3.88. The van der Waals surface area contributed by atoms with Crippen molar-refractivity contribution in [2.24, 2.45) is 0 Å². The van der Waals surface area contributed by atoms with E-state index in [-0.39, 0.29) is 19.2 Å². The molecule has 0 saturated heterocycles. The van der Waals surface area contributed by atoms with Crippen molar-refractivity contribution < 1.29 is 23.1 Å². The lowest BCUT2D eigenvalue weighted by molar-refractivity contribution is -0.159. The van der Waals surface area contributed by atoms with Gasteiger partial charge in [0, 0.05) is 13.6 Å². The van der Waals surface area contributed by atoms with E-state index in [0.717, 1.165) is 18.2 Å². The monoisotopic (exact) mass is 316 g/mol. The molecule has 1 atom stereocenters. The molecule has 0 radical (unpaired) electrons. The molecule has 0 aliphatic carbocycles. The maximum atomic E-state index is 12.3. The van der Waals surface area contributed by atoms with Crippen molar-refractivity contribution in [3.8, 4) is 0 Å². The molecule has 1 aliphatic heterocycles.